The number of ether oxygens (including phenoxy) is 2. The second kappa shape index (κ2) is 12.0. The number of hydrogen-bond acceptors (Lipinski definition) is 5. The summed E-state index contributed by atoms with van der Waals surface area (Å²) in [5.41, 5.74) is 4.12. The van der Waals surface area contributed by atoms with Crippen molar-refractivity contribution >= 4 is 17.8 Å². The lowest BCUT2D eigenvalue weighted by atomic mass is 10.1. The fourth-order valence-corrected chi connectivity index (χ4v) is 4.70. The van der Waals surface area contributed by atoms with Gasteiger partial charge in [-0.05, 0) is 61.7 Å². The van der Waals surface area contributed by atoms with Gasteiger partial charge in [-0.1, -0.05) is 42.5 Å². The molecular formula is C31H32N4O4. The van der Waals surface area contributed by atoms with Gasteiger partial charge in [-0.2, -0.15) is 0 Å². The third kappa shape index (κ3) is 6.35. The minimum absolute atomic E-state index is 0.0982. The third-order valence-corrected chi connectivity index (χ3v) is 6.71. The molecule has 0 radical (unpaired) electrons. The first-order valence-electron chi connectivity index (χ1n) is 13.1. The highest BCUT2D eigenvalue weighted by Crippen LogP contribution is 2.25. The molecule has 1 aromatic heterocycles. The molecule has 8 heteroatoms. The molecule has 0 aliphatic carbocycles. The monoisotopic (exact) mass is 524 g/mol. The maximum Gasteiger partial charge on any atom is 0.254 e. The summed E-state index contributed by atoms with van der Waals surface area (Å²) >= 11 is 0. The lowest BCUT2D eigenvalue weighted by Crippen LogP contribution is -2.42. The number of carbonyl (C=O) groups is 2. The molecule has 1 aliphatic heterocycles. The Kier molecular flexibility index (Phi) is 8.03. The van der Waals surface area contributed by atoms with Crippen LogP contribution in [0.15, 0.2) is 85.1 Å². The fraction of sp³-hybridized carbons (Fsp3) is 0.258. The van der Waals surface area contributed by atoms with Crippen LogP contribution in [0.25, 0.3) is 16.9 Å². The quantitative estimate of drug-likeness (QED) is 0.329. The van der Waals surface area contributed by atoms with E-state index in [1.807, 2.05) is 72.3 Å². The summed E-state index contributed by atoms with van der Waals surface area (Å²) in [5, 5.41) is 2.96. The lowest BCUT2D eigenvalue weighted by molar-refractivity contribution is -0.117. The van der Waals surface area contributed by atoms with E-state index in [9.17, 15) is 9.59 Å². The van der Waals surface area contributed by atoms with E-state index in [1.54, 1.807) is 36.3 Å². The van der Waals surface area contributed by atoms with Gasteiger partial charge in [0, 0.05) is 36.2 Å². The van der Waals surface area contributed by atoms with Gasteiger partial charge in [0.25, 0.3) is 5.91 Å². The number of carbonyl (C=O) groups excluding carboxylic acids is 2. The SMILES string of the molecule is COc1ccc(C(=O)N(CC(=O)Nc2nc(-c3ccccc3)cn2-c2cccc(C)c2)C[C@H]2CCCO2)cc1. The van der Waals surface area contributed by atoms with E-state index >= 15 is 0 Å². The topological polar surface area (TPSA) is 85.7 Å². The molecule has 1 atom stereocenters. The van der Waals surface area contributed by atoms with E-state index in [0.29, 0.717) is 30.4 Å². The Morgan fingerprint density at radius 1 is 1.08 bits per heavy atom. The Labute approximate surface area is 228 Å². The molecule has 2 amide bonds. The first-order chi connectivity index (χ1) is 19.0. The predicted molar refractivity (Wildman–Crippen MR) is 150 cm³/mol. The molecule has 1 aliphatic rings. The summed E-state index contributed by atoms with van der Waals surface area (Å²) in [6.45, 7) is 2.88. The van der Waals surface area contributed by atoms with E-state index in [2.05, 4.69) is 5.32 Å². The first-order valence-corrected chi connectivity index (χ1v) is 13.1. The molecule has 0 bridgehead atoms. The molecule has 4 aromatic rings. The van der Waals surface area contributed by atoms with Crippen LogP contribution in [-0.4, -0.2) is 59.2 Å². The minimum Gasteiger partial charge on any atom is -0.497 e. The van der Waals surface area contributed by atoms with E-state index in [1.165, 1.54) is 0 Å². The lowest BCUT2D eigenvalue weighted by Gasteiger charge is -2.25. The predicted octanol–water partition coefficient (Wildman–Crippen LogP) is 5.12. The molecule has 5 rings (SSSR count). The summed E-state index contributed by atoms with van der Waals surface area (Å²) in [6, 6.07) is 24.7. The van der Waals surface area contributed by atoms with Crippen LogP contribution in [0.4, 0.5) is 5.95 Å². The van der Waals surface area contributed by atoms with Gasteiger partial charge in [-0.15, -0.1) is 0 Å². The van der Waals surface area contributed by atoms with Crippen LogP contribution in [0, 0.1) is 6.92 Å². The Hall–Kier alpha value is -4.43. The molecule has 1 saturated heterocycles. The molecular weight excluding hydrogens is 492 g/mol. The summed E-state index contributed by atoms with van der Waals surface area (Å²) in [6.07, 6.45) is 3.61. The second-order valence-corrected chi connectivity index (χ2v) is 9.62. The highest BCUT2D eigenvalue weighted by molar-refractivity contribution is 5.99. The Balaban J connectivity index is 1.40. The smallest absolute Gasteiger partial charge is 0.254 e. The maximum absolute atomic E-state index is 13.5. The van der Waals surface area contributed by atoms with Gasteiger partial charge in [0.15, 0.2) is 0 Å². The zero-order chi connectivity index (χ0) is 27.2. The molecule has 1 fully saturated rings. The molecule has 2 heterocycles. The summed E-state index contributed by atoms with van der Waals surface area (Å²) in [4.78, 5) is 33.2. The fourth-order valence-electron chi connectivity index (χ4n) is 4.70. The molecule has 0 saturated carbocycles. The van der Waals surface area contributed by atoms with Gasteiger partial charge in [-0.3, -0.25) is 19.5 Å². The van der Waals surface area contributed by atoms with Crippen LogP contribution >= 0.6 is 0 Å². The highest BCUT2D eigenvalue weighted by Gasteiger charge is 2.26. The van der Waals surface area contributed by atoms with E-state index < -0.39 is 0 Å². The van der Waals surface area contributed by atoms with E-state index in [0.717, 1.165) is 35.3 Å². The van der Waals surface area contributed by atoms with Crippen LogP contribution in [0.2, 0.25) is 0 Å². The Morgan fingerprint density at radius 2 is 1.87 bits per heavy atom. The van der Waals surface area contributed by atoms with Crippen LogP contribution < -0.4 is 10.1 Å². The minimum atomic E-state index is -0.339. The zero-order valence-electron chi connectivity index (χ0n) is 22.2. The largest absolute Gasteiger partial charge is 0.497 e. The summed E-state index contributed by atoms with van der Waals surface area (Å²) < 4.78 is 12.9. The van der Waals surface area contributed by atoms with Gasteiger partial charge in [0.2, 0.25) is 11.9 Å². The third-order valence-electron chi connectivity index (χ3n) is 6.71. The number of imidazole rings is 1. The molecule has 0 spiro atoms. The average molecular weight is 525 g/mol. The van der Waals surface area contributed by atoms with Gasteiger partial charge in [0.1, 0.15) is 12.3 Å². The number of aromatic nitrogens is 2. The molecule has 3 aromatic carbocycles. The Morgan fingerprint density at radius 3 is 2.56 bits per heavy atom. The van der Waals surface area contributed by atoms with Crippen LogP contribution in [0.1, 0.15) is 28.8 Å². The van der Waals surface area contributed by atoms with Gasteiger partial charge in [0.05, 0.1) is 18.9 Å². The van der Waals surface area contributed by atoms with Crippen molar-refractivity contribution in [2.75, 3.05) is 32.1 Å². The average Bonchev–Trinajstić information content (AvgIpc) is 3.63. The van der Waals surface area contributed by atoms with E-state index in [4.69, 9.17) is 14.5 Å². The van der Waals surface area contributed by atoms with Crippen molar-refractivity contribution in [2.24, 2.45) is 0 Å². The molecule has 39 heavy (non-hydrogen) atoms. The number of amides is 2. The van der Waals surface area contributed by atoms with Crippen molar-refractivity contribution in [1.29, 1.82) is 0 Å². The molecule has 8 nitrogen and oxygen atoms in total. The van der Waals surface area contributed by atoms with Crippen molar-refractivity contribution in [3.8, 4) is 22.7 Å². The maximum atomic E-state index is 13.5. The number of nitrogens with one attached hydrogen (secondary N) is 1. The van der Waals surface area contributed by atoms with Crippen LogP contribution in [0.3, 0.4) is 0 Å². The van der Waals surface area contributed by atoms with Crippen molar-refractivity contribution in [1.82, 2.24) is 14.5 Å². The number of hydrogen-bond donors (Lipinski definition) is 1. The van der Waals surface area contributed by atoms with Gasteiger partial charge < -0.3 is 14.4 Å². The number of aryl methyl sites for hydroxylation is 1. The molecule has 200 valence electrons. The van der Waals surface area contributed by atoms with E-state index in [-0.39, 0.29) is 24.5 Å². The number of rotatable bonds is 9. The summed E-state index contributed by atoms with van der Waals surface area (Å²) in [7, 11) is 1.58. The Bertz CT molecular complexity index is 1430. The molecule has 1 N–H and O–H groups in total. The number of benzene rings is 3. The van der Waals surface area contributed by atoms with Crippen LogP contribution in [0.5, 0.6) is 5.75 Å². The van der Waals surface area contributed by atoms with Gasteiger partial charge in [-0.25, -0.2) is 4.98 Å². The van der Waals surface area contributed by atoms with Crippen molar-refractivity contribution in [3.05, 3.63) is 96.2 Å². The standard InChI is InChI=1S/C31H32N4O4/c1-22-8-6-11-25(18-22)35-20-28(23-9-4-3-5-10-23)32-31(35)33-29(36)21-34(19-27-12-7-17-39-27)30(37)24-13-15-26(38-2)16-14-24/h3-6,8-11,13-16,18,20,27H,7,12,17,19,21H2,1-2H3,(H,32,33,36)/t27-/m1/s1. The second-order valence-electron chi connectivity index (χ2n) is 9.62. The van der Waals surface area contributed by atoms with Crippen molar-refractivity contribution in [3.63, 3.8) is 0 Å². The van der Waals surface area contributed by atoms with Crippen molar-refractivity contribution in [2.45, 2.75) is 25.9 Å². The first kappa shape index (κ1) is 26.2. The molecule has 0 unspecified atom stereocenters. The zero-order valence-corrected chi connectivity index (χ0v) is 22.2. The summed E-state index contributed by atoms with van der Waals surface area (Å²) in [5.74, 6) is 0.467. The number of anilines is 1. The highest BCUT2D eigenvalue weighted by atomic mass is 16.5. The van der Waals surface area contributed by atoms with Crippen LogP contribution in [-0.2, 0) is 9.53 Å². The normalized spacial score (nSPS) is 14.7. The van der Waals surface area contributed by atoms with Gasteiger partial charge >= 0.3 is 0 Å². The number of methoxy groups -OCH3 is 1. The number of nitrogens with zero attached hydrogens (tertiary/aromatic N) is 3. The van der Waals surface area contributed by atoms with Crippen molar-refractivity contribution < 1.29 is 19.1 Å².